The van der Waals surface area contributed by atoms with Gasteiger partial charge in [0.15, 0.2) is 11.5 Å². The standard InChI is InChI=1S/C20H26FNO2/c1-10(11-3-4-11)22-15-9-12-5-8-16(23-2)20-17(12)18-13(15)6-7-14(21)19(18)24-20/h5,8,10-11,13-15,18-19,22H,3-4,6-7,9H2,1-2H3/t10?,13?,14?,15-,18?,19+/m0/s1. The molecular formula is C20H26FNO2. The van der Waals surface area contributed by atoms with Crippen LogP contribution in [0.1, 0.15) is 49.7 Å². The van der Waals surface area contributed by atoms with E-state index in [1.807, 2.05) is 6.07 Å². The number of ether oxygens (including phenoxy) is 2. The molecule has 1 aromatic carbocycles. The maximum Gasteiger partial charge on any atom is 0.165 e. The number of halogens is 1. The number of hydrogen-bond donors (Lipinski definition) is 1. The average Bonchev–Trinajstić information content (AvgIpc) is 3.35. The van der Waals surface area contributed by atoms with E-state index in [0.29, 0.717) is 24.4 Å². The van der Waals surface area contributed by atoms with Gasteiger partial charge in [-0.15, -0.1) is 0 Å². The van der Waals surface area contributed by atoms with Gasteiger partial charge in [0.1, 0.15) is 12.3 Å². The summed E-state index contributed by atoms with van der Waals surface area (Å²) in [5.41, 5.74) is 2.56. The molecule has 2 fully saturated rings. The number of benzene rings is 1. The highest BCUT2D eigenvalue weighted by molar-refractivity contribution is 5.57. The highest BCUT2D eigenvalue weighted by Gasteiger charge is 2.54. The van der Waals surface area contributed by atoms with Gasteiger partial charge in [-0.05, 0) is 62.5 Å². The number of hydrogen-bond acceptors (Lipinski definition) is 3. The summed E-state index contributed by atoms with van der Waals surface area (Å²) in [7, 11) is 1.67. The molecule has 0 radical (unpaired) electrons. The molecule has 0 aromatic heterocycles. The Morgan fingerprint density at radius 3 is 2.83 bits per heavy atom. The summed E-state index contributed by atoms with van der Waals surface area (Å²) in [6.45, 7) is 2.32. The van der Waals surface area contributed by atoms with Crippen molar-refractivity contribution in [2.24, 2.45) is 11.8 Å². The second-order valence-electron chi connectivity index (χ2n) is 8.14. The van der Waals surface area contributed by atoms with Crippen LogP contribution in [0.15, 0.2) is 12.1 Å². The first-order chi connectivity index (χ1) is 11.7. The van der Waals surface area contributed by atoms with Gasteiger partial charge in [0.2, 0.25) is 0 Å². The summed E-state index contributed by atoms with van der Waals surface area (Å²) in [5, 5.41) is 3.90. The first-order valence-corrected chi connectivity index (χ1v) is 9.44. The molecule has 0 amide bonds. The van der Waals surface area contributed by atoms with Gasteiger partial charge in [-0.25, -0.2) is 4.39 Å². The lowest BCUT2D eigenvalue weighted by molar-refractivity contribution is 0.0265. The number of alkyl halides is 1. The Balaban J connectivity index is 1.53. The van der Waals surface area contributed by atoms with Crippen LogP contribution in [0.4, 0.5) is 4.39 Å². The fourth-order valence-electron chi connectivity index (χ4n) is 5.36. The van der Waals surface area contributed by atoms with Crippen molar-refractivity contribution in [3.05, 3.63) is 23.3 Å². The molecule has 1 aliphatic heterocycles. The summed E-state index contributed by atoms with van der Waals surface area (Å²) in [6.07, 6.45) is 4.11. The van der Waals surface area contributed by atoms with E-state index in [4.69, 9.17) is 9.47 Å². The molecule has 130 valence electrons. The summed E-state index contributed by atoms with van der Waals surface area (Å²) >= 11 is 0. The van der Waals surface area contributed by atoms with Crippen LogP contribution >= 0.6 is 0 Å². The van der Waals surface area contributed by atoms with Crippen LogP contribution in [-0.4, -0.2) is 31.5 Å². The van der Waals surface area contributed by atoms with Crippen LogP contribution in [0.25, 0.3) is 0 Å². The first-order valence-electron chi connectivity index (χ1n) is 9.44. The van der Waals surface area contributed by atoms with Gasteiger partial charge in [0, 0.05) is 23.6 Å². The quantitative estimate of drug-likeness (QED) is 0.914. The van der Waals surface area contributed by atoms with Crippen LogP contribution in [0, 0.1) is 11.8 Å². The summed E-state index contributed by atoms with van der Waals surface area (Å²) in [6, 6.07) is 5.16. The third-order valence-corrected chi connectivity index (χ3v) is 6.77. The second-order valence-corrected chi connectivity index (χ2v) is 8.14. The lowest BCUT2D eigenvalue weighted by atomic mass is 9.65. The molecule has 2 saturated carbocycles. The monoisotopic (exact) mass is 331 g/mol. The molecule has 24 heavy (non-hydrogen) atoms. The third-order valence-electron chi connectivity index (χ3n) is 6.77. The highest BCUT2D eigenvalue weighted by Crippen LogP contribution is 2.57. The zero-order chi connectivity index (χ0) is 16.4. The van der Waals surface area contributed by atoms with Crippen LogP contribution in [0.3, 0.4) is 0 Å². The average molecular weight is 331 g/mol. The Bertz CT molecular complexity index is 659. The van der Waals surface area contributed by atoms with Crippen molar-refractivity contribution in [2.75, 3.05) is 7.11 Å². The van der Waals surface area contributed by atoms with Crippen LogP contribution in [0.5, 0.6) is 11.5 Å². The maximum absolute atomic E-state index is 14.6. The van der Waals surface area contributed by atoms with Crippen LogP contribution < -0.4 is 14.8 Å². The predicted molar refractivity (Wildman–Crippen MR) is 90.6 cm³/mol. The number of rotatable bonds is 4. The molecule has 5 rings (SSSR count). The summed E-state index contributed by atoms with van der Waals surface area (Å²) < 4.78 is 26.2. The van der Waals surface area contributed by atoms with Gasteiger partial charge in [0.25, 0.3) is 0 Å². The van der Waals surface area contributed by atoms with Gasteiger partial charge >= 0.3 is 0 Å². The molecule has 4 unspecified atom stereocenters. The Morgan fingerprint density at radius 1 is 1.25 bits per heavy atom. The number of methoxy groups -OCH3 is 1. The van der Waals surface area contributed by atoms with Crippen molar-refractivity contribution in [3.63, 3.8) is 0 Å². The number of nitrogens with one attached hydrogen (secondary N) is 1. The van der Waals surface area contributed by atoms with E-state index in [9.17, 15) is 4.39 Å². The zero-order valence-electron chi connectivity index (χ0n) is 14.4. The van der Waals surface area contributed by atoms with E-state index in [-0.39, 0.29) is 12.0 Å². The van der Waals surface area contributed by atoms with E-state index < -0.39 is 6.17 Å². The zero-order valence-corrected chi connectivity index (χ0v) is 14.4. The molecule has 3 aliphatic carbocycles. The Morgan fingerprint density at radius 2 is 2.08 bits per heavy atom. The van der Waals surface area contributed by atoms with Gasteiger partial charge in [-0.2, -0.15) is 0 Å². The van der Waals surface area contributed by atoms with Crippen molar-refractivity contribution in [1.29, 1.82) is 0 Å². The third kappa shape index (κ3) is 2.11. The minimum atomic E-state index is -0.865. The van der Waals surface area contributed by atoms with E-state index in [2.05, 4.69) is 18.3 Å². The topological polar surface area (TPSA) is 30.5 Å². The molecule has 4 heteroatoms. The van der Waals surface area contributed by atoms with Crippen LogP contribution in [-0.2, 0) is 6.42 Å². The fourth-order valence-corrected chi connectivity index (χ4v) is 5.36. The smallest absolute Gasteiger partial charge is 0.165 e. The molecular weight excluding hydrogens is 305 g/mol. The lowest BCUT2D eigenvalue weighted by Gasteiger charge is -2.44. The second kappa shape index (κ2) is 5.35. The van der Waals surface area contributed by atoms with Crippen molar-refractivity contribution in [2.45, 2.75) is 69.3 Å². The molecule has 0 saturated heterocycles. The maximum atomic E-state index is 14.6. The van der Waals surface area contributed by atoms with Crippen molar-refractivity contribution < 1.29 is 13.9 Å². The molecule has 1 heterocycles. The van der Waals surface area contributed by atoms with Gasteiger partial charge in [-0.3, -0.25) is 0 Å². The van der Waals surface area contributed by atoms with Crippen molar-refractivity contribution in [3.8, 4) is 11.5 Å². The van der Waals surface area contributed by atoms with E-state index in [1.165, 1.54) is 24.0 Å². The predicted octanol–water partition coefficient (Wildman–Crippen LogP) is 3.60. The van der Waals surface area contributed by atoms with Gasteiger partial charge < -0.3 is 14.8 Å². The van der Waals surface area contributed by atoms with Gasteiger partial charge in [0.05, 0.1) is 7.11 Å². The minimum absolute atomic E-state index is 0.187. The summed E-state index contributed by atoms with van der Waals surface area (Å²) in [4.78, 5) is 0. The van der Waals surface area contributed by atoms with E-state index in [0.717, 1.165) is 30.3 Å². The SMILES string of the molecule is COc1ccc2c3c1O[C@@H]1C(F)CCC(C31)[C@@H](NC(C)C1CC1)C2. The van der Waals surface area contributed by atoms with Crippen molar-refractivity contribution >= 4 is 0 Å². The largest absolute Gasteiger partial charge is 0.493 e. The summed E-state index contributed by atoms with van der Waals surface area (Å²) in [5.74, 6) is 3.07. The fraction of sp³-hybridized carbons (Fsp3) is 0.700. The highest BCUT2D eigenvalue weighted by atomic mass is 19.1. The Kier molecular flexibility index (Phi) is 3.35. The van der Waals surface area contributed by atoms with Crippen LogP contribution in [0.2, 0.25) is 0 Å². The van der Waals surface area contributed by atoms with Gasteiger partial charge in [-0.1, -0.05) is 6.07 Å². The molecule has 0 spiro atoms. The van der Waals surface area contributed by atoms with Crippen molar-refractivity contribution in [1.82, 2.24) is 5.32 Å². The molecule has 1 aromatic rings. The minimum Gasteiger partial charge on any atom is -0.493 e. The van der Waals surface area contributed by atoms with E-state index >= 15 is 0 Å². The van der Waals surface area contributed by atoms with E-state index in [1.54, 1.807) is 7.11 Å². The molecule has 6 atom stereocenters. The normalized spacial score (nSPS) is 37.5. The molecule has 0 bridgehead atoms. The first kappa shape index (κ1) is 15.0. The molecule has 1 N–H and O–H groups in total. The Labute approximate surface area is 142 Å². The molecule has 4 aliphatic rings. The Hall–Kier alpha value is -1.29. The lowest BCUT2D eigenvalue weighted by Crippen LogP contribution is -2.52. The molecule has 3 nitrogen and oxygen atoms in total.